The van der Waals surface area contributed by atoms with Gasteiger partial charge in [0, 0.05) is 11.9 Å². The van der Waals surface area contributed by atoms with Gasteiger partial charge in [0.25, 0.3) is 0 Å². The first kappa shape index (κ1) is 14.1. The maximum absolute atomic E-state index is 13.1. The van der Waals surface area contributed by atoms with Crippen LogP contribution in [0.1, 0.15) is 18.5 Å². The third-order valence-corrected chi connectivity index (χ3v) is 4.41. The molecule has 3 nitrogen and oxygen atoms in total. The van der Waals surface area contributed by atoms with Gasteiger partial charge in [-0.05, 0) is 36.8 Å². The molecule has 1 aliphatic rings. The Morgan fingerprint density at radius 3 is 2.67 bits per heavy atom. The molecule has 5 heteroatoms. The van der Waals surface area contributed by atoms with E-state index in [1.807, 2.05) is 30.5 Å². The van der Waals surface area contributed by atoms with Crippen molar-refractivity contribution in [3.8, 4) is 0 Å². The van der Waals surface area contributed by atoms with Gasteiger partial charge in [-0.1, -0.05) is 23.9 Å². The predicted molar refractivity (Wildman–Crippen MR) is 86.3 cm³/mol. The van der Waals surface area contributed by atoms with Gasteiger partial charge in [0.15, 0.2) is 5.17 Å². The van der Waals surface area contributed by atoms with Gasteiger partial charge in [-0.25, -0.2) is 4.39 Å². The Kier molecular flexibility index (Phi) is 4.20. The molecule has 1 unspecified atom stereocenters. The van der Waals surface area contributed by atoms with Crippen LogP contribution in [0.15, 0.2) is 53.8 Å². The molecule has 0 bridgehead atoms. The molecule has 0 radical (unpaired) electrons. The van der Waals surface area contributed by atoms with Crippen LogP contribution < -0.4 is 4.90 Å². The fourth-order valence-electron chi connectivity index (χ4n) is 2.36. The highest BCUT2D eigenvalue weighted by atomic mass is 32.2. The van der Waals surface area contributed by atoms with Crippen LogP contribution >= 0.6 is 11.8 Å². The Labute approximate surface area is 127 Å². The lowest BCUT2D eigenvalue weighted by Gasteiger charge is -2.30. The summed E-state index contributed by atoms with van der Waals surface area (Å²) in [7, 11) is 0. The summed E-state index contributed by atoms with van der Waals surface area (Å²) in [4.78, 5) is 10.9. The first-order valence-electron chi connectivity index (χ1n) is 6.87. The molecule has 0 amide bonds. The Morgan fingerprint density at radius 2 is 2.05 bits per heavy atom. The molecule has 3 rings (SSSR count). The summed E-state index contributed by atoms with van der Waals surface area (Å²) in [5.41, 5.74) is 2.05. The number of anilines is 1. The summed E-state index contributed by atoms with van der Waals surface area (Å²) in [6.45, 7) is 2.94. The molecule has 0 aliphatic carbocycles. The number of hydrogen-bond donors (Lipinski definition) is 0. The van der Waals surface area contributed by atoms with Gasteiger partial charge in [-0.3, -0.25) is 9.98 Å². The first-order valence-corrected chi connectivity index (χ1v) is 7.86. The number of halogens is 1. The molecule has 1 aliphatic heterocycles. The zero-order chi connectivity index (χ0) is 14.7. The lowest BCUT2D eigenvalue weighted by atomic mass is 10.1. The van der Waals surface area contributed by atoms with Crippen LogP contribution in [0.4, 0.5) is 10.1 Å². The van der Waals surface area contributed by atoms with E-state index in [1.54, 1.807) is 18.0 Å². The van der Waals surface area contributed by atoms with Crippen molar-refractivity contribution in [2.75, 3.05) is 17.2 Å². The minimum Gasteiger partial charge on any atom is -0.312 e. The van der Waals surface area contributed by atoms with Crippen LogP contribution in [0, 0.1) is 5.82 Å². The lowest BCUT2D eigenvalue weighted by Crippen LogP contribution is -2.31. The minimum absolute atomic E-state index is 0.0687. The fraction of sp³-hybridized carbons (Fsp3) is 0.250. The summed E-state index contributed by atoms with van der Waals surface area (Å²) >= 11 is 1.75. The maximum atomic E-state index is 13.1. The molecule has 0 saturated heterocycles. The van der Waals surface area contributed by atoms with E-state index in [2.05, 4.69) is 21.8 Å². The van der Waals surface area contributed by atoms with Crippen molar-refractivity contribution in [1.29, 1.82) is 0 Å². The topological polar surface area (TPSA) is 28.5 Å². The largest absolute Gasteiger partial charge is 0.312 e. The van der Waals surface area contributed by atoms with E-state index in [9.17, 15) is 4.39 Å². The highest BCUT2D eigenvalue weighted by Gasteiger charge is 2.24. The standard InChI is InChI=1S/C16H16FN3S/c1-12(13-4-6-14(17)7-5-13)20(16-19-9-10-21-16)15-3-2-8-18-11-15/h2-8,11-12H,9-10H2,1H3. The van der Waals surface area contributed by atoms with Crippen molar-refractivity contribution < 1.29 is 4.39 Å². The quantitative estimate of drug-likeness (QED) is 0.861. The van der Waals surface area contributed by atoms with E-state index in [0.29, 0.717) is 0 Å². The monoisotopic (exact) mass is 301 g/mol. The lowest BCUT2D eigenvalue weighted by molar-refractivity contribution is 0.626. The van der Waals surface area contributed by atoms with Crippen molar-refractivity contribution in [2.45, 2.75) is 13.0 Å². The molecule has 2 heterocycles. The van der Waals surface area contributed by atoms with E-state index in [0.717, 1.165) is 28.7 Å². The van der Waals surface area contributed by atoms with Gasteiger partial charge in [-0.2, -0.15) is 0 Å². The minimum atomic E-state index is -0.216. The molecule has 1 aromatic heterocycles. The maximum Gasteiger partial charge on any atom is 0.164 e. The zero-order valence-electron chi connectivity index (χ0n) is 11.7. The van der Waals surface area contributed by atoms with Gasteiger partial charge in [-0.15, -0.1) is 0 Å². The van der Waals surface area contributed by atoms with E-state index in [-0.39, 0.29) is 11.9 Å². The molecule has 2 aromatic rings. The second kappa shape index (κ2) is 6.26. The number of aliphatic imine (C=N–C) groups is 1. The number of thioether (sulfide) groups is 1. The first-order chi connectivity index (χ1) is 10.3. The Balaban J connectivity index is 1.97. The van der Waals surface area contributed by atoms with Gasteiger partial charge in [0.2, 0.25) is 0 Å². The Hall–Kier alpha value is -1.88. The molecule has 0 spiro atoms. The van der Waals surface area contributed by atoms with Crippen molar-refractivity contribution in [3.05, 3.63) is 60.2 Å². The summed E-state index contributed by atoms with van der Waals surface area (Å²) in [5.74, 6) is 0.786. The number of rotatable bonds is 3. The van der Waals surface area contributed by atoms with Crippen molar-refractivity contribution in [3.63, 3.8) is 0 Å². The third kappa shape index (κ3) is 3.08. The Bertz CT molecular complexity index is 628. The number of aromatic nitrogens is 1. The molecule has 0 saturated carbocycles. The van der Waals surface area contributed by atoms with Crippen LogP contribution in [0.25, 0.3) is 0 Å². The summed E-state index contributed by atoms with van der Waals surface area (Å²) < 4.78 is 13.1. The zero-order valence-corrected chi connectivity index (χ0v) is 12.6. The molecular formula is C16H16FN3S. The second-order valence-corrected chi connectivity index (χ2v) is 5.88. The van der Waals surface area contributed by atoms with Crippen LogP contribution in [0.3, 0.4) is 0 Å². The summed E-state index contributed by atoms with van der Waals surface area (Å²) in [5, 5.41) is 1.000. The predicted octanol–water partition coefficient (Wildman–Crippen LogP) is 3.89. The SMILES string of the molecule is CC(c1ccc(F)cc1)N(C1=NCCS1)c1cccnc1. The average molecular weight is 301 g/mol. The van der Waals surface area contributed by atoms with E-state index >= 15 is 0 Å². The van der Waals surface area contributed by atoms with Gasteiger partial charge in [0.05, 0.1) is 24.5 Å². The fourth-order valence-corrected chi connectivity index (χ4v) is 3.31. The number of amidine groups is 1. The molecule has 0 fully saturated rings. The molecule has 0 N–H and O–H groups in total. The number of pyridine rings is 1. The smallest absolute Gasteiger partial charge is 0.164 e. The molecular weight excluding hydrogens is 285 g/mol. The molecule has 108 valence electrons. The highest BCUT2D eigenvalue weighted by Crippen LogP contribution is 2.31. The molecule has 1 aromatic carbocycles. The molecule has 21 heavy (non-hydrogen) atoms. The van der Waals surface area contributed by atoms with E-state index < -0.39 is 0 Å². The van der Waals surface area contributed by atoms with Crippen molar-refractivity contribution in [1.82, 2.24) is 4.98 Å². The van der Waals surface area contributed by atoms with Crippen molar-refractivity contribution >= 4 is 22.6 Å². The number of hydrogen-bond acceptors (Lipinski definition) is 4. The van der Waals surface area contributed by atoms with Crippen molar-refractivity contribution in [2.24, 2.45) is 4.99 Å². The molecule has 1 atom stereocenters. The average Bonchev–Trinajstić information content (AvgIpc) is 3.03. The summed E-state index contributed by atoms with van der Waals surface area (Å²) in [6.07, 6.45) is 3.59. The third-order valence-electron chi connectivity index (χ3n) is 3.44. The van der Waals surface area contributed by atoms with E-state index in [1.165, 1.54) is 12.1 Å². The van der Waals surface area contributed by atoms with Crippen LogP contribution in [-0.4, -0.2) is 22.4 Å². The Morgan fingerprint density at radius 1 is 1.24 bits per heavy atom. The highest BCUT2D eigenvalue weighted by molar-refractivity contribution is 8.14. The number of benzene rings is 1. The summed E-state index contributed by atoms with van der Waals surface area (Å²) in [6, 6.07) is 10.6. The van der Waals surface area contributed by atoms with Crippen LogP contribution in [-0.2, 0) is 0 Å². The van der Waals surface area contributed by atoms with Gasteiger partial charge in [0.1, 0.15) is 5.82 Å². The normalized spacial score (nSPS) is 15.6. The van der Waals surface area contributed by atoms with Gasteiger partial charge >= 0.3 is 0 Å². The van der Waals surface area contributed by atoms with Crippen LogP contribution in [0.5, 0.6) is 0 Å². The van der Waals surface area contributed by atoms with E-state index in [4.69, 9.17) is 0 Å². The second-order valence-electron chi connectivity index (χ2n) is 4.82. The van der Waals surface area contributed by atoms with Gasteiger partial charge < -0.3 is 4.90 Å². The van der Waals surface area contributed by atoms with Crippen LogP contribution in [0.2, 0.25) is 0 Å². The number of nitrogens with zero attached hydrogens (tertiary/aromatic N) is 3.